The number of hydrogen-bond donors (Lipinski definition) is 2. The number of carbonyl (C=O) groups is 3. The summed E-state index contributed by atoms with van der Waals surface area (Å²) in [5.74, 6) is -3.08. The lowest BCUT2D eigenvalue weighted by molar-refractivity contribution is -0.927. The van der Waals surface area contributed by atoms with E-state index in [-0.39, 0.29) is 43.4 Å². The maximum absolute atomic E-state index is 11.1. The number of allylic oxidation sites excluding steroid dienone is 2. The lowest BCUT2D eigenvalue weighted by atomic mass is 10.0. The molecule has 7 nitrogen and oxygen atoms in total. The van der Waals surface area contributed by atoms with Gasteiger partial charge in [-0.2, -0.15) is 0 Å². The van der Waals surface area contributed by atoms with Crippen LogP contribution in [0.3, 0.4) is 0 Å². The Bertz CT molecular complexity index is 574. The number of carboxylic acids is 3. The van der Waals surface area contributed by atoms with Crippen LogP contribution >= 0.6 is 0 Å². The van der Waals surface area contributed by atoms with E-state index in [0.29, 0.717) is 6.54 Å². The van der Waals surface area contributed by atoms with Crippen molar-refractivity contribution in [2.45, 2.75) is 135 Å². The van der Waals surface area contributed by atoms with Gasteiger partial charge in [-0.15, -0.1) is 0 Å². The molecular formula is C30H55NO6. The quantitative estimate of drug-likeness (QED) is 0.0724. The van der Waals surface area contributed by atoms with Gasteiger partial charge in [0, 0.05) is 12.4 Å². The van der Waals surface area contributed by atoms with Crippen molar-refractivity contribution in [3.63, 3.8) is 0 Å². The normalized spacial score (nSPS) is 11.8. The lowest BCUT2D eigenvalue weighted by Crippen LogP contribution is -2.53. The highest BCUT2D eigenvalue weighted by Crippen LogP contribution is 2.17. The first kappa shape index (κ1) is 35.1. The van der Waals surface area contributed by atoms with Crippen LogP contribution in [-0.4, -0.2) is 58.8 Å². The fraction of sp³-hybridized carbons (Fsp3) is 0.833. The summed E-state index contributed by atoms with van der Waals surface area (Å²) >= 11 is 0. The number of hydrogen-bond acceptors (Lipinski definition) is 4. The lowest BCUT2D eigenvalue weighted by Gasteiger charge is -2.38. The van der Waals surface area contributed by atoms with Crippen LogP contribution in [0, 0.1) is 0 Å². The molecule has 0 atom stereocenters. The number of carbonyl (C=O) groups excluding carboxylic acids is 1. The number of rotatable bonds is 28. The Morgan fingerprint density at radius 2 is 0.946 bits per heavy atom. The molecule has 0 heterocycles. The van der Waals surface area contributed by atoms with Crippen LogP contribution in [0.4, 0.5) is 0 Å². The summed E-state index contributed by atoms with van der Waals surface area (Å²) < 4.78 is 0.224. The standard InChI is InChI=1S/C30H55NO6/c1-2-3-4-5-6-7-8-9-10-11-12-13-14-15-16-17-18-19-20-24-31(25-21-28(32)33,26-22-29(34)35)27-23-30(36)37/h5-6H,2-4,7-27H2,1H3,(H2-,32,33,34,35,36,37)/b6-5+. The van der Waals surface area contributed by atoms with Gasteiger partial charge in [-0.1, -0.05) is 96.1 Å². The van der Waals surface area contributed by atoms with Crippen molar-refractivity contribution < 1.29 is 34.2 Å². The minimum absolute atomic E-state index is 0.0941. The van der Waals surface area contributed by atoms with Crippen LogP contribution in [0.5, 0.6) is 0 Å². The zero-order valence-corrected chi connectivity index (χ0v) is 23.6. The molecule has 37 heavy (non-hydrogen) atoms. The smallest absolute Gasteiger partial charge is 0.309 e. The summed E-state index contributed by atoms with van der Waals surface area (Å²) in [6.07, 6.45) is 25.3. The Morgan fingerprint density at radius 3 is 1.35 bits per heavy atom. The summed E-state index contributed by atoms with van der Waals surface area (Å²) in [4.78, 5) is 33.2. The van der Waals surface area contributed by atoms with Crippen LogP contribution in [0.2, 0.25) is 0 Å². The number of unbranched alkanes of at least 4 members (excludes halogenated alkanes) is 15. The van der Waals surface area contributed by atoms with Crippen LogP contribution in [0.1, 0.15) is 135 Å². The van der Waals surface area contributed by atoms with Crippen LogP contribution < -0.4 is 5.11 Å². The summed E-state index contributed by atoms with van der Waals surface area (Å²) in [5.41, 5.74) is 0. The van der Waals surface area contributed by atoms with Crippen molar-refractivity contribution in [3.05, 3.63) is 12.2 Å². The van der Waals surface area contributed by atoms with Crippen LogP contribution in [-0.2, 0) is 14.4 Å². The largest absolute Gasteiger partial charge is 0.550 e. The molecule has 7 heteroatoms. The summed E-state index contributed by atoms with van der Waals surface area (Å²) in [7, 11) is 0. The average Bonchev–Trinajstić information content (AvgIpc) is 2.85. The van der Waals surface area contributed by atoms with Gasteiger partial charge in [0.1, 0.15) is 0 Å². The summed E-state index contributed by atoms with van der Waals surface area (Å²) in [6.45, 7) is 3.58. The summed E-state index contributed by atoms with van der Waals surface area (Å²) in [6, 6.07) is 0. The fourth-order valence-corrected chi connectivity index (χ4v) is 4.88. The van der Waals surface area contributed by atoms with Gasteiger partial charge in [-0.05, 0) is 32.1 Å². The average molecular weight is 526 g/mol. The predicted molar refractivity (Wildman–Crippen MR) is 147 cm³/mol. The zero-order valence-electron chi connectivity index (χ0n) is 23.6. The Labute approximate surface area is 225 Å². The summed E-state index contributed by atoms with van der Waals surface area (Å²) in [5, 5.41) is 29.2. The van der Waals surface area contributed by atoms with E-state index in [9.17, 15) is 19.5 Å². The zero-order chi connectivity index (χ0) is 27.6. The second-order valence-electron chi connectivity index (χ2n) is 10.6. The fourth-order valence-electron chi connectivity index (χ4n) is 4.88. The molecule has 0 aromatic carbocycles. The minimum Gasteiger partial charge on any atom is -0.550 e. The molecule has 0 fully saturated rings. The van der Waals surface area contributed by atoms with E-state index in [1.165, 1.54) is 89.9 Å². The highest BCUT2D eigenvalue weighted by atomic mass is 16.4. The van der Waals surface area contributed by atoms with Gasteiger partial charge in [0.15, 0.2) is 0 Å². The minimum atomic E-state index is -1.18. The van der Waals surface area contributed by atoms with E-state index in [0.717, 1.165) is 19.3 Å². The molecule has 2 N–H and O–H groups in total. The molecule has 0 saturated heterocycles. The first-order valence-corrected chi connectivity index (χ1v) is 14.9. The van der Waals surface area contributed by atoms with E-state index >= 15 is 0 Å². The Kier molecular flexibility index (Phi) is 23.2. The van der Waals surface area contributed by atoms with Gasteiger partial charge in [-0.3, -0.25) is 9.59 Å². The third-order valence-electron chi connectivity index (χ3n) is 7.28. The molecule has 0 aromatic heterocycles. The molecule has 216 valence electrons. The number of quaternary nitrogens is 1. The van der Waals surface area contributed by atoms with E-state index in [4.69, 9.17) is 10.2 Å². The molecule has 0 aliphatic rings. The Balaban J connectivity index is 3.93. The van der Waals surface area contributed by atoms with E-state index < -0.39 is 17.9 Å². The van der Waals surface area contributed by atoms with Gasteiger partial charge in [0.2, 0.25) is 0 Å². The van der Waals surface area contributed by atoms with Crippen molar-refractivity contribution in [2.24, 2.45) is 0 Å². The molecular weight excluding hydrogens is 470 g/mol. The van der Waals surface area contributed by atoms with Crippen LogP contribution in [0.25, 0.3) is 0 Å². The highest BCUT2D eigenvalue weighted by molar-refractivity contribution is 5.67. The second-order valence-corrected chi connectivity index (χ2v) is 10.6. The molecule has 0 aliphatic heterocycles. The third kappa shape index (κ3) is 24.2. The van der Waals surface area contributed by atoms with E-state index in [2.05, 4.69) is 19.1 Å². The topological polar surface area (TPSA) is 115 Å². The molecule has 0 spiro atoms. The molecule has 0 aliphatic carbocycles. The Hall–Kier alpha value is -1.89. The number of nitrogens with zero attached hydrogens (tertiary/aromatic N) is 1. The van der Waals surface area contributed by atoms with Crippen molar-refractivity contribution in [1.82, 2.24) is 0 Å². The molecule has 0 radical (unpaired) electrons. The van der Waals surface area contributed by atoms with Crippen molar-refractivity contribution in [1.29, 1.82) is 0 Å². The van der Waals surface area contributed by atoms with Gasteiger partial charge in [0.25, 0.3) is 0 Å². The third-order valence-corrected chi connectivity index (χ3v) is 7.28. The molecule has 0 rings (SSSR count). The Morgan fingerprint density at radius 1 is 0.568 bits per heavy atom. The predicted octanol–water partition coefficient (Wildman–Crippen LogP) is 6.10. The van der Waals surface area contributed by atoms with Crippen molar-refractivity contribution in [2.75, 3.05) is 26.2 Å². The first-order valence-electron chi connectivity index (χ1n) is 14.9. The number of aliphatic carboxylic acids is 3. The SMILES string of the molecule is CCCC/C=C/CCCCCCCCCCCCCCC[N+](CCC(=O)[O-])(CCC(=O)O)CCC(=O)O. The van der Waals surface area contributed by atoms with Gasteiger partial charge in [-0.25, -0.2) is 0 Å². The highest BCUT2D eigenvalue weighted by Gasteiger charge is 2.28. The second kappa shape index (κ2) is 24.4. The first-order chi connectivity index (χ1) is 17.8. The molecule has 0 unspecified atom stereocenters. The maximum Gasteiger partial charge on any atom is 0.309 e. The van der Waals surface area contributed by atoms with Crippen molar-refractivity contribution >= 4 is 17.9 Å². The maximum atomic E-state index is 11.1. The number of carboxylic acid groups (broad SMARTS) is 3. The van der Waals surface area contributed by atoms with E-state index in [1.807, 2.05) is 0 Å². The molecule has 0 amide bonds. The molecule has 0 saturated carbocycles. The molecule has 0 bridgehead atoms. The monoisotopic (exact) mass is 525 g/mol. The van der Waals surface area contributed by atoms with E-state index in [1.54, 1.807) is 0 Å². The van der Waals surface area contributed by atoms with Gasteiger partial charge in [0.05, 0.1) is 39.0 Å². The van der Waals surface area contributed by atoms with Crippen LogP contribution in [0.15, 0.2) is 12.2 Å². The van der Waals surface area contributed by atoms with Gasteiger partial charge >= 0.3 is 11.9 Å². The van der Waals surface area contributed by atoms with Crippen molar-refractivity contribution in [3.8, 4) is 0 Å². The molecule has 0 aromatic rings. The van der Waals surface area contributed by atoms with Gasteiger partial charge < -0.3 is 24.6 Å².